The van der Waals surface area contributed by atoms with Gasteiger partial charge in [0.2, 0.25) is 0 Å². The number of hydrogen-bond donors (Lipinski definition) is 1. The summed E-state index contributed by atoms with van der Waals surface area (Å²) in [7, 11) is 0. The van der Waals surface area contributed by atoms with Gasteiger partial charge in [-0.3, -0.25) is 0 Å². The lowest BCUT2D eigenvalue weighted by Crippen LogP contribution is -2.04. The van der Waals surface area contributed by atoms with E-state index < -0.39 is 5.97 Å². The Kier molecular flexibility index (Phi) is 3.16. The molecule has 3 rings (SSSR count). The van der Waals surface area contributed by atoms with Gasteiger partial charge >= 0.3 is 5.97 Å². The summed E-state index contributed by atoms with van der Waals surface area (Å²) in [5.74, 6) is -0.985. The van der Waals surface area contributed by atoms with E-state index in [9.17, 15) is 4.79 Å². The topological polar surface area (TPSA) is 85.8 Å². The van der Waals surface area contributed by atoms with Crippen LogP contribution in [0, 0.1) is 0 Å². The molecule has 0 aliphatic heterocycles. The molecule has 7 nitrogen and oxygen atoms in total. The van der Waals surface area contributed by atoms with Crippen LogP contribution in [0.25, 0.3) is 11.0 Å². The van der Waals surface area contributed by atoms with E-state index in [2.05, 4.69) is 15.3 Å². The van der Waals surface area contributed by atoms with Crippen molar-refractivity contribution in [1.29, 1.82) is 0 Å². The Labute approximate surface area is 114 Å². The molecule has 1 N–H and O–H groups in total. The molecule has 0 fully saturated rings. The fraction of sp³-hybridized carbons (Fsp3) is 0.231. The van der Waals surface area contributed by atoms with Crippen molar-refractivity contribution >= 4 is 17.0 Å². The van der Waals surface area contributed by atoms with Gasteiger partial charge in [0.1, 0.15) is 5.52 Å². The molecular weight excluding hydrogens is 258 g/mol. The summed E-state index contributed by atoms with van der Waals surface area (Å²) in [5, 5.41) is 17.1. The predicted octanol–water partition coefficient (Wildman–Crippen LogP) is 1.42. The lowest BCUT2D eigenvalue weighted by molar-refractivity contribution is 0.0699. The van der Waals surface area contributed by atoms with Crippen molar-refractivity contribution < 1.29 is 9.90 Å². The van der Waals surface area contributed by atoms with Crippen LogP contribution in [0.3, 0.4) is 0 Å². The summed E-state index contributed by atoms with van der Waals surface area (Å²) in [6.45, 7) is 1.51. The molecule has 0 saturated carbocycles. The molecule has 3 aromatic rings. The average Bonchev–Trinajstić information content (AvgIpc) is 3.08. The maximum Gasteiger partial charge on any atom is 0.338 e. The van der Waals surface area contributed by atoms with E-state index in [1.54, 1.807) is 23.3 Å². The summed E-state index contributed by atoms with van der Waals surface area (Å²) in [6.07, 6.45) is 6.28. The van der Waals surface area contributed by atoms with Gasteiger partial charge in [-0.2, -0.15) is 0 Å². The highest BCUT2D eigenvalue weighted by atomic mass is 16.4. The van der Waals surface area contributed by atoms with Crippen molar-refractivity contribution in [2.75, 3.05) is 0 Å². The van der Waals surface area contributed by atoms with Crippen LogP contribution in [-0.4, -0.2) is 35.6 Å². The van der Waals surface area contributed by atoms with Crippen molar-refractivity contribution in [3.05, 3.63) is 42.5 Å². The Hall–Kier alpha value is -2.70. The van der Waals surface area contributed by atoms with Crippen molar-refractivity contribution in [3.63, 3.8) is 0 Å². The number of carboxylic acid groups (broad SMARTS) is 1. The van der Waals surface area contributed by atoms with Gasteiger partial charge in [0.05, 0.1) is 17.4 Å². The zero-order chi connectivity index (χ0) is 13.9. The first-order valence-electron chi connectivity index (χ1n) is 6.27. The minimum Gasteiger partial charge on any atom is -0.478 e. The van der Waals surface area contributed by atoms with Crippen LogP contribution in [0.2, 0.25) is 0 Å². The van der Waals surface area contributed by atoms with Crippen LogP contribution in [0.1, 0.15) is 16.8 Å². The second kappa shape index (κ2) is 5.12. The molecular formula is C13H13N5O2. The van der Waals surface area contributed by atoms with Crippen LogP contribution in [-0.2, 0) is 13.1 Å². The Morgan fingerprint density at radius 1 is 1.30 bits per heavy atom. The number of carbonyl (C=O) groups is 1. The van der Waals surface area contributed by atoms with Crippen LogP contribution in [0.4, 0.5) is 0 Å². The number of fused-ring (bicyclic) bond motifs is 1. The average molecular weight is 271 g/mol. The van der Waals surface area contributed by atoms with Crippen LogP contribution in [0.15, 0.2) is 36.9 Å². The lowest BCUT2D eigenvalue weighted by atomic mass is 10.2. The maximum absolute atomic E-state index is 11.1. The molecule has 1 aromatic carbocycles. The number of carboxylic acids is 1. The molecule has 0 aliphatic rings. The number of nitrogens with zero attached hydrogens (tertiary/aromatic N) is 5. The van der Waals surface area contributed by atoms with Gasteiger partial charge in [-0.25, -0.2) is 14.5 Å². The quantitative estimate of drug-likeness (QED) is 0.758. The highest BCUT2D eigenvalue weighted by Gasteiger charge is 2.13. The van der Waals surface area contributed by atoms with Crippen molar-refractivity contribution in [2.24, 2.45) is 0 Å². The molecule has 102 valence electrons. The van der Waals surface area contributed by atoms with Gasteiger partial charge < -0.3 is 9.67 Å². The van der Waals surface area contributed by atoms with Crippen LogP contribution >= 0.6 is 0 Å². The number of aromatic carboxylic acids is 1. The second-order valence-corrected chi connectivity index (χ2v) is 4.45. The second-order valence-electron chi connectivity index (χ2n) is 4.45. The van der Waals surface area contributed by atoms with E-state index in [1.807, 2.05) is 16.8 Å². The van der Waals surface area contributed by atoms with E-state index in [-0.39, 0.29) is 5.56 Å². The van der Waals surface area contributed by atoms with E-state index in [4.69, 9.17) is 5.11 Å². The molecule has 0 atom stereocenters. The predicted molar refractivity (Wildman–Crippen MR) is 71.3 cm³/mol. The minimum absolute atomic E-state index is 0.184. The molecule has 0 aliphatic carbocycles. The van der Waals surface area contributed by atoms with Gasteiger partial charge in [0.25, 0.3) is 0 Å². The van der Waals surface area contributed by atoms with Crippen LogP contribution in [0.5, 0.6) is 0 Å². The molecule has 0 radical (unpaired) electrons. The molecule has 0 amide bonds. The fourth-order valence-electron chi connectivity index (χ4n) is 2.15. The number of aromatic nitrogens is 5. The smallest absolute Gasteiger partial charge is 0.338 e. The van der Waals surface area contributed by atoms with Gasteiger partial charge in [-0.05, 0) is 18.6 Å². The lowest BCUT2D eigenvalue weighted by Gasteiger charge is -2.03. The third kappa shape index (κ3) is 2.25. The largest absolute Gasteiger partial charge is 0.478 e. The van der Waals surface area contributed by atoms with Crippen molar-refractivity contribution in [2.45, 2.75) is 19.5 Å². The Morgan fingerprint density at radius 3 is 2.95 bits per heavy atom. The molecule has 7 heteroatoms. The SMILES string of the molecule is O=C(O)c1cccc2c1nnn2CCCn1ccnc1. The Balaban J connectivity index is 1.79. The molecule has 20 heavy (non-hydrogen) atoms. The first kappa shape index (κ1) is 12.3. The summed E-state index contributed by atoms with van der Waals surface area (Å²) < 4.78 is 3.72. The van der Waals surface area contributed by atoms with E-state index in [0.29, 0.717) is 12.1 Å². The van der Waals surface area contributed by atoms with Crippen molar-refractivity contribution in [1.82, 2.24) is 24.5 Å². The third-order valence-electron chi connectivity index (χ3n) is 3.12. The molecule has 2 heterocycles. The number of hydrogen-bond acceptors (Lipinski definition) is 4. The first-order chi connectivity index (χ1) is 9.75. The van der Waals surface area contributed by atoms with E-state index in [0.717, 1.165) is 18.5 Å². The minimum atomic E-state index is -0.985. The molecule has 0 spiro atoms. The highest BCUT2D eigenvalue weighted by molar-refractivity contribution is 6.00. The zero-order valence-corrected chi connectivity index (χ0v) is 10.7. The van der Waals surface area contributed by atoms with Gasteiger partial charge in [-0.1, -0.05) is 11.3 Å². The number of rotatable bonds is 5. The first-order valence-corrected chi connectivity index (χ1v) is 6.27. The standard InChI is InChI=1S/C13H13N5O2/c19-13(20)10-3-1-4-11-12(10)15-16-18(11)7-2-6-17-8-5-14-9-17/h1,3-5,8-9H,2,6-7H2,(H,19,20). The van der Waals surface area contributed by atoms with Gasteiger partial charge in [-0.15, -0.1) is 5.10 Å². The Morgan fingerprint density at radius 2 is 2.20 bits per heavy atom. The molecule has 2 aromatic heterocycles. The highest BCUT2D eigenvalue weighted by Crippen LogP contribution is 2.16. The summed E-state index contributed by atoms with van der Waals surface area (Å²) in [4.78, 5) is 15.1. The summed E-state index contributed by atoms with van der Waals surface area (Å²) in [5.41, 5.74) is 1.36. The van der Waals surface area contributed by atoms with Gasteiger partial charge in [0, 0.05) is 25.5 Å². The summed E-state index contributed by atoms with van der Waals surface area (Å²) >= 11 is 0. The monoisotopic (exact) mass is 271 g/mol. The Bertz CT molecular complexity index is 732. The normalized spacial score (nSPS) is 11.0. The molecule has 0 bridgehead atoms. The van der Waals surface area contributed by atoms with Crippen molar-refractivity contribution in [3.8, 4) is 0 Å². The third-order valence-corrected chi connectivity index (χ3v) is 3.12. The molecule has 0 unspecified atom stereocenters. The number of aryl methyl sites for hydroxylation is 2. The van der Waals surface area contributed by atoms with Crippen LogP contribution < -0.4 is 0 Å². The molecule has 0 saturated heterocycles. The van der Waals surface area contributed by atoms with E-state index in [1.165, 1.54) is 6.07 Å². The van der Waals surface area contributed by atoms with E-state index >= 15 is 0 Å². The summed E-state index contributed by atoms with van der Waals surface area (Å²) in [6, 6.07) is 5.08. The van der Waals surface area contributed by atoms with Gasteiger partial charge in [0.15, 0.2) is 0 Å². The maximum atomic E-state index is 11.1. The zero-order valence-electron chi connectivity index (χ0n) is 10.7. The fourth-order valence-corrected chi connectivity index (χ4v) is 2.15. The number of imidazole rings is 1. The number of benzene rings is 1.